The zero-order valence-electron chi connectivity index (χ0n) is 18.4. The van der Waals surface area contributed by atoms with Crippen molar-refractivity contribution >= 4 is 17.4 Å². The number of piperazine rings is 1. The number of methoxy groups -OCH3 is 1. The van der Waals surface area contributed by atoms with Crippen LogP contribution in [-0.4, -0.2) is 54.8 Å². The normalized spacial score (nSPS) is 16.1. The Labute approximate surface area is 178 Å². The van der Waals surface area contributed by atoms with Crippen molar-refractivity contribution in [1.82, 2.24) is 9.80 Å². The maximum absolute atomic E-state index is 12.7. The molecule has 0 unspecified atom stereocenters. The number of ether oxygens (including phenoxy) is 2. The molecule has 0 aliphatic carbocycles. The van der Waals surface area contributed by atoms with Gasteiger partial charge in [0.05, 0.1) is 12.7 Å². The minimum atomic E-state index is -0.368. The summed E-state index contributed by atoms with van der Waals surface area (Å²) in [4.78, 5) is 21.9. The Morgan fingerprint density at radius 3 is 2.43 bits per heavy atom. The van der Waals surface area contributed by atoms with E-state index >= 15 is 0 Å². The number of aryl methyl sites for hydroxylation is 1. The molecule has 6 nitrogen and oxygen atoms in total. The third-order valence-electron chi connectivity index (χ3n) is 5.50. The standard InChI is InChI=1S/C24H29N3O3/c1-16-6-8-19-21(14-16)30-20-9-7-17(29-5)15-18(20)22(25-19)26-10-12-27(13-11-26)23(28)24(2,3)4/h6-9,14-15H,10-13H2,1-5H3. The van der Waals surface area contributed by atoms with Crippen LogP contribution in [0.3, 0.4) is 0 Å². The highest BCUT2D eigenvalue weighted by Gasteiger charge is 2.32. The molecule has 2 aromatic rings. The number of hydrogen-bond acceptors (Lipinski definition) is 5. The van der Waals surface area contributed by atoms with E-state index in [1.54, 1.807) is 7.11 Å². The van der Waals surface area contributed by atoms with E-state index in [1.165, 1.54) is 0 Å². The molecular formula is C24H29N3O3. The molecule has 0 N–H and O–H groups in total. The van der Waals surface area contributed by atoms with Crippen LogP contribution in [0.15, 0.2) is 41.4 Å². The van der Waals surface area contributed by atoms with Crippen molar-refractivity contribution in [2.45, 2.75) is 27.7 Å². The predicted octanol–water partition coefficient (Wildman–Crippen LogP) is 4.38. The van der Waals surface area contributed by atoms with Gasteiger partial charge in [-0.05, 0) is 42.8 Å². The number of hydrogen-bond donors (Lipinski definition) is 0. The summed E-state index contributed by atoms with van der Waals surface area (Å²) in [6.07, 6.45) is 0. The number of rotatable bonds is 1. The minimum absolute atomic E-state index is 0.191. The molecule has 2 heterocycles. The SMILES string of the molecule is COc1ccc2c(c1)C(N1CCN(C(=O)C(C)(C)C)CC1)=Nc1ccc(C)cc1O2. The van der Waals surface area contributed by atoms with E-state index in [-0.39, 0.29) is 11.3 Å². The minimum Gasteiger partial charge on any atom is -0.497 e. The molecule has 2 aliphatic heterocycles. The molecule has 30 heavy (non-hydrogen) atoms. The van der Waals surface area contributed by atoms with Gasteiger partial charge in [0.2, 0.25) is 5.91 Å². The third-order valence-corrected chi connectivity index (χ3v) is 5.50. The highest BCUT2D eigenvalue weighted by molar-refractivity contribution is 6.04. The molecule has 0 spiro atoms. The topological polar surface area (TPSA) is 54.4 Å². The van der Waals surface area contributed by atoms with Gasteiger partial charge in [0.1, 0.15) is 23.0 Å². The third kappa shape index (κ3) is 3.86. The second-order valence-electron chi connectivity index (χ2n) is 8.90. The van der Waals surface area contributed by atoms with Crippen molar-refractivity contribution in [1.29, 1.82) is 0 Å². The molecule has 2 aliphatic rings. The summed E-state index contributed by atoms with van der Waals surface area (Å²) in [6.45, 7) is 10.7. The molecule has 158 valence electrons. The van der Waals surface area contributed by atoms with Crippen molar-refractivity contribution in [3.05, 3.63) is 47.5 Å². The monoisotopic (exact) mass is 407 g/mol. The highest BCUT2D eigenvalue weighted by Crippen LogP contribution is 2.40. The van der Waals surface area contributed by atoms with Gasteiger partial charge in [-0.1, -0.05) is 26.8 Å². The van der Waals surface area contributed by atoms with Gasteiger partial charge in [-0.2, -0.15) is 0 Å². The van der Waals surface area contributed by atoms with Gasteiger partial charge in [-0.15, -0.1) is 0 Å². The van der Waals surface area contributed by atoms with Crippen molar-refractivity contribution in [3.63, 3.8) is 0 Å². The average Bonchev–Trinajstić information content (AvgIpc) is 2.88. The van der Waals surface area contributed by atoms with Crippen molar-refractivity contribution in [3.8, 4) is 17.2 Å². The van der Waals surface area contributed by atoms with Crippen LogP contribution in [0.4, 0.5) is 5.69 Å². The van der Waals surface area contributed by atoms with E-state index in [9.17, 15) is 4.79 Å². The first kappa shape index (κ1) is 20.3. The molecule has 0 atom stereocenters. The Morgan fingerprint density at radius 1 is 1.03 bits per heavy atom. The molecule has 0 bridgehead atoms. The lowest BCUT2D eigenvalue weighted by molar-refractivity contribution is -0.140. The summed E-state index contributed by atoms with van der Waals surface area (Å²) in [6, 6.07) is 11.8. The maximum Gasteiger partial charge on any atom is 0.228 e. The zero-order chi connectivity index (χ0) is 21.5. The molecule has 1 fully saturated rings. The average molecular weight is 408 g/mol. The quantitative estimate of drug-likeness (QED) is 0.704. The first-order valence-corrected chi connectivity index (χ1v) is 10.4. The van der Waals surface area contributed by atoms with Crippen LogP contribution in [0.25, 0.3) is 0 Å². The summed E-state index contributed by atoms with van der Waals surface area (Å²) in [5.74, 6) is 3.31. The number of nitrogens with zero attached hydrogens (tertiary/aromatic N) is 3. The van der Waals surface area contributed by atoms with Gasteiger partial charge in [-0.25, -0.2) is 4.99 Å². The first-order valence-electron chi connectivity index (χ1n) is 10.4. The fourth-order valence-electron chi connectivity index (χ4n) is 3.82. The van der Waals surface area contributed by atoms with Crippen LogP contribution in [0.5, 0.6) is 17.2 Å². The smallest absolute Gasteiger partial charge is 0.228 e. The van der Waals surface area contributed by atoms with Crippen LogP contribution in [-0.2, 0) is 4.79 Å². The second-order valence-corrected chi connectivity index (χ2v) is 8.90. The van der Waals surface area contributed by atoms with Gasteiger partial charge in [0.15, 0.2) is 5.75 Å². The van der Waals surface area contributed by atoms with Crippen LogP contribution in [0.2, 0.25) is 0 Å². The van der Waals surface area contributed by atoms with Gasteiger partial charge in [0.25, 0.3) is 0 Å². The first-order chi connectivity index (χ1) is 14.3. The predicted molar refractivity (Wildman–Crippen MR) is 118 cm³/mol. The highest BCUT2D eigenvalue weighted by atomic mass is 16.5. The molecule has 0 radical (unpaired) electrons. The van der Waals surface area contributed by atoms with Crippen LogP contribution >= 0.6 is 0 Å². The largest absolute Gasteiger partial charge is 0.497 e. The summed E-state index contributed by atoms with van der Waals surface area (Å²) in [5, 5.41) is 0. The summed E-state index contributed by atoms with van der Waals surface area (Å²) >= 11 is 0. The van der Waals surface area contributed by atoms with Crippen LogP contribution < -0.4 is 9.47 Å². The fourth-order valence-corrected chi connectivity index (χ4v) is 3.82. The van der Waals surface area contributed by atoms with E-state index < -0.39 is 0 Å². The number of aliphatic imine (C=N–C) groups is 1. The van der Waals surface area contributed by atoms with Crippen LogP contribution in [0, 0.1) is 12.3 Å². The number of amidine groups is 1. The Balaban J connectivity index is 1.69. The van der Waals surface area contributed by atoms with Gasteiger partial charge in [-0.3, -0.25) is 4.79 Å². The van der Waals surface area contributed by atoms with Crippen molar-refractivity contribution in [2.24, 2.45) is 10.4 Å². The lowest BCUT2D eigenvalue weighted by Crippen LogP contribution is -2.53. The van der Waals surface area contributed by atoms with E-state index in [0.29, 0.717) is 13.1 Å². The van der Waals surface area contributed by atoms with E-state index in [2.05, 4.69) is 4.90 Å². The molecule has 1 saturated heterocycles. The molecule has 0 aromatic heterocycles. The summed E-state index contributed by atoms with van der Waals surface area (Å²) in [7, 11) is 1.66. The Bertz CT molecular complexity index is 999. The fraction of sp³-hybridized carbons (Fsp3) is 0.417. The van der Waals surface area contributed by atoms with E-state index in [4.69, 9.17) is 14.5 Å². The van der Waals surface area contributed by atoms with Gasteiger partial charge >= 0.3 is 0 Å². The number of benzene rings is 2. The molecule has 0 saturated carbocycles. The van der Waals surface area contributed by atoms with E-state index in [1.807, 2.05) is 69.0 Å². The molecule has 4 rings (SSSR count). The maximum atomic E-state index is 12.7. The lowest BCUT2D eigenvalue weighted by atomic mass is 9.94. The second kappa shape index (κ2) is 7.67. The lowest BCUT2D eigenvalue weighted by Gasteiger charge is -2.39. The zero-order valence-corrected chi connectivity index (χ0v) is 18.4. The van der Waals surface area contributed by atoms with E-state index in [0.717, 1.165) is 53.0 Å². The van der Waals surface area contributed by atoms with Crippen molar-refractivity contribution < 1.29 is 14.3 Å². The Hall–Kier alpha value is -3.02. The van der Waals surface area contributed by atoms with Crippen molar-refractivity contribution in [2.75, 3.05) is 33.3 Å². The van der Waals surface area contributed by atoms with Gasteiger partial charge < -0.3 is 19.3 Å². The summed E-state index contributed by atoms with van der Waals surface area (Å²) in [5.41, 5.74) is 2.46. The van der Waals surface area contributed by atoms with Gasteiger partial charge in [0, 0.05) is 31.6 Å². The molecule has 6 heteroatoms. The summed E-state index contributed by atoms with van der Waals surface area (Å²) < 4.78 is 11.7. The molecule has 1 amide bonds. The molecule has 2 aromatic carbocycles. The molecular weight excluding hydrogens is 378 g/mol. The Morgan fingerprint density at radius 2 is 1.77 bits per heavy atom. The number of fused-ring (bicyclic) bond motifs is 2. The van der Waals surface area contributed by atoms with Crippen LogP contribution in [0.1, 0.15) is 31.9 Å². The number of amides is 1. The number of carbonyl (C=O) groups is 1. The Kier molecular flexibility index (Phi) is 5.18. The number of carbonyl (C=O) groups excluding carboxylic acids is 1.